The third kappa shape index (κ3) is 3.19. The molecule has 1 heterocycles. The van der Waals surface area contributed by atoms with E-state index in [0.717, 1.165) is 32.4 Å². The van der Waals surface area contributed by atoms with Gasteiger partial charge in [-0.05, 0) is 32.9 Å². The van der Waals surface area contributed by atoms with Crippen LogP contribution in [0.25, 0.3) is 0 Å². The monoisotopic (exact) mass is 240 g/mol. The van der Waals surface area contributed by atoms with Gasteiger partial charge in [0.25, 0.3) is 0 Å². The zero-order chi connectivity index (χ0) is 12.4. The second-order valence-electron chi connectivity index (χ2n) is 5.15. The highest BCUT2D eigenvalue weighted by Crippen LogP contribution is 2.30. The lowest BCUT2D eigenvalue weighted by Crippen LogP contribution is -2.40. The Labute approximate surface area is 101 Å². The lowest BCUT2D eigenvalue weighted by atomic mass is 10.1. The number of nitrogens with zero attached hydrogens (tertiary/aromatic N) is 2. The number of hydrogen-bond donors (Lipinski definition) is 1. The summed E-state index contributed by atoms with van der Waals surface area (Å²) in [6.45, 7) is 2.15. The van der Waals surface area contributed by atoms with Crippen LogP contribution in [0, 0.1) is 5.92 Å². The van der Waals surface area contributed by atoms with Crippen LogP contribution in [0.3, 0.4) is 0 Å². The van der Waals surface area contributed by atoms with Crippen LogP contribution in [-0.2, 0) is 9.59 Å². The summed E-state index contributed by atoms with van der Waals surface area (Å²) in [5.74, 6) is -0.584. The Morgan fingerprint density at radius 3 is 2.53 bits per heavy atom. The molecule has 17 heavy (non-hydrogen) atoms. The van der Waals surface area contributed by atoms with Gasteiger partial charge >= 0.3 is 5.97 Å². The van der Waals surface area contributed by atoms with Gasteiger partial charge in [-0.25, -0.2) is 0 Å². The van der Waals surface area contributed by atoms with Crippen LogP contribution in [0.4, 0.5) is 0 Å². The van der Waals surface area contributed by atoms with Crippen LogP contribution in [0.2, 0.25) is 0 Å². The fraction of sp³-hybridized carbons (Fsp3) is 0.833. The topological polar surface area (TPSA) is 60.9 Å². The van der Waals surface area contributed by atoms with Gasteiger partial charge in [-0.15, -0.1) is 0 Å². The summed E-state index contributed by atoms with van der Waals surface area (Å²) < 4.78 is 0. The van der Waals surface area contributed by atoms with Gasteiger partial charge in [0.15, 0.2) is 0 Å². The summed E-state index contributed by atoms with van der Waals surface area (Å²) in [6.07, 6.45) is 3.04. The first-order chi connectivity index (χ1) is 8.08. The van der Waals surface area contributed by atoms with E-state index in [1.165, 1.54) is 0 Å². The van der Waals surface area contributed by atoms with E-state index in [1.54, 1.807) is 4.90 Å². The van der Waals surface area contributed by atoms with E-state index in [9.17, 15) is 9.59 Å². The molecule has 1 atom stereocenters. The molecule has 0 radical (unpaired) electrons. The first-order valence-electron chi connectivity index (χ1n) is 6.28. The Bertz CT molecular complexity index is 315. The van der Waals surface area contributed by atoms with Gasteiger partial charge in [0.2, 0.25) is 5.91 Å². The van der Waals surface area contributed by atoms with E-state index >= 15 is 0 Å². The summed E-state index contributed by atoms with van der Waals surface area (Å²) in [4.78, 5) is 26.8. The summed E-state index contributed by atoms with van der Waals surface area (Å²) >= 11 is 0. The molecule has 0 aromatic rings. The molecule has 96 valence electrons. The summed E-state index contributed by atoms with van der Waals surface area (Å²) in [5, 5.41) is 8.71. The third-order valence-corrected chi connectivity index (χ3v) is 3.58. The number of carboxylic acids is 1. The van der Waals surface area contributed by atoms with Crippen molar-refractivity contribution in [2.75, 3.05) is 26.7 Å². The minimum atomic E-state index is -0.827. The van der Waals surface area contributed by atoms with Crippen molar-refractivity contribution in [2.24, 2.45) is 5.92 Å². The third-order valence-electron chi connectivity index (χ3n) is 3.58. The molecule has 1 N–H and O–H groups in total. The Hall–Kier alpha value is -1.10. The minimum absolute atomic E-state index is 0.0603. The molecule has 1 unspecified atom stereocenters. The number of rotatable bonds is 5. The summed E-state index contributed by atoms with van der Waals surface area (Å²) in [6, 6.07) is 0.313. The van der Waals surface area contributed by atoms with Gasteiger partial charge in [-0.3, -0.25) is 9.59 Å². The molecule has 1 amide bonds. The quantitative estimate of drug-likeness (QED) is 0.756. The largest absolute Gasteiger partial charge is 0.481 e. The zero-order valence-corrected chi connectivity index (χ0v) is 10.3. The first-order valence-corrected chi connectivity index (χ1v) is 6.28. The van der Waals surface area contributed by atoms with Crippen LogP contribution in [0.15, 0.2) is 0 Å². The highest BCUT2D eigenvalue weighted by Gasteiger charge is 2.37. The van der Waals surface area contributed by atoms with E-state index in [-0.39, 0.29) is 18.2 Å². The van der Waals surface area contributed by atoms with Crippen molar-refractivity contribution in [1.82, 2.24) is 9.80 Å². The van der Waals surface area contributed by atoms with Gasteiger partial charge in [0, 0.05) is 19.1 Å². The predicted octanol–water partition coefficient (Wildman–Crippen LogP) is 0.404. The van der Waals surface area contributed by atoms with Crippen molar-refractivity contribution >= 4 is 11.9 Å². The SMILES string of the molecule is CN1CCC(C(=O)N(CCC(=O)O)C2CC2)C1. The molecule has 0 aromatic heterocycles. The van der Waals surface area contributed by atoms with E-state index in [4.69, 9.17) is 5.11 Å². The Morgan fingerprint density at radius 2 is 2.06 bits per heavy atom. The molecular weight excluding hydrogens is 220 g/mol. The molecule has 2 fully saturated rings. The first kappa shape index (κ1) is 12.4. The molecule has 5 heteroatoms. The molecule has 0 aromatic carbocycles. The lowest BCUT2D eigenvalue weighted by molar-refractivity contribution is -0.139. The summed E-state index contributed by atoms with van der Waals surface area (Å²) in [7, 11) is 2.02. The summed E-state index contributed by atoms with van der Waals surface area (Å²) in [5.41, 5.74) is 0. The van der Waals surface area contributed by atoms with E-state index < -0.39 is 5.97 Å². The average molecular weight is 240 g/mol. The van der Waals surface area contributed by atoms with Gasteiger partial charge in [0.1, 0.15) is 0 Å². The molecule has 1 saturated carbocycles. The molecule has 5 nitrogen and oxygen atoms in total. The maximum absolute atomic E-state index is 12.3. The maximum atomic E-state index is 12.3. The van der Waals surface area contributed by atoms with Gasteiger partial charge in [0.05, 0.1) is 12.3 Å². The number of likely N-dealkylation sites (tertiary alicyclic amines) is 1. The van der Waals surface area contributed by atoms with Crippen LogP contribution in [0.1, 0.15) is 25.7 Å². The lowest BCUT2D eigenvalue weighted by Gasteiger charge is -2.25. The van der Waals surface area contributed by atoms with Crippen molar-refractivity contribution in [3.8, 4) is 0 Å². The Kier molecular flexibility index (Phi) is 3.66. The van der Waals surface area contributed by atoms with Crippen LogP contribution in [0.5, 0.6) is 0 Å². The minimum Gasteiger partial charge on any atom is -0.481 e. The molecule has 1 aliphatic carbocycles. The molecule has 1 saturated heterocycles. The molecule has 0 bridgehead atoms. The van der Waals surface area contributed by atoms with Crippen molar-refractivity contribution in [1.29, 1.82) is 0 Å². The fourth-order valence-corrected chi connectivity index (χ4v) is 2.45. The Balaban J connectivity index is 1.90. The number of carboxylic acid groups (broad SMARTS) is 1. The van der Waals surface area contributed by atoms with Gasteiger partial charge in [-0.2, -0.15) is 0 Å². The number of carbonyl (C=O) groups is 2. The molecule has 2 rings (SSSR count). The molecular formula is C12H20N2O3. The highest BCUT2D eigenvalue weighted by molar-refractivity contribution is 5.80. The molecule has 1 aliphatic heterocycles. The van der Waals surface area contributed by atoms with Crippen molar-refractivity contribution in [3.63, 3.8) is 0 Å². The number of carbonyl (C=O) groups excluding carboxylic acids is 1. The Morgan fingerprint density at radius 1 is 1.35 bits per heavy atom. The zero-order valence-electron chi connectivity index (χ0n) is 10.3. The highest BCUT2D eigenvalue weighted by atomic mass is 16.4. The van der Waals surface area contributed by atoms with E-state index in [1.807, 2.05) is 7.05 Å². The van der Waals surface area contributed by atoms with Gasteiger partial charge < -0.3 is 14.9 Å². The fourth-order valence-electron chi connectivity index (χ4n) is 2.45. The maximum Gasteiger partial charge on any atom is 0.305 e. The van der Waals surface area contributed by atoms with Gasteiger partial charge in [-0.1, -0.05) is 0 Å². The van der Waals surface area contributed by atoms with Crippen molar-refractivity contribution < 1.29 is 14.7 Å². The van der Waals surface area contributed by atoms with Crippen molar-refractivity contribution in [3.05, 3.63) is 0 Å². The van der Waals surface area contributed by atoms with E-state index in [2.05, 4.69) is 4.90 Å². The van der Waals surface area contributed by atoms with Crippen LogP contribution >= 0.6 is 0 Å². The predicted molar refractivity (Wildman–Crippen MR) is 62.6 cm³/mol. The second kappa shape index (κ2) is 5.04. The number of hydrogen-bond acceptors (Lipinski definition) is 3. The van der Waals surface area contributed by atoms with Crippen molar-refractivity contribution in [2.45, 2.75) is 31.7 Å². The van der Waals surface area contributed by atoms with Crippen LogP contribution in [-0.4, -0.2) is 59.5 Å². The average Bonchev–Trinajstić information content (AvgIpc) is 3.00. The van der Waals surface area contributed by atoms with Crippen LogP contribution < -0.4 is 0 Å². The normalized spacial score (nSPS) is 24.9. The molecule has 0 spiro atoms. The number of amides is 1. The van der Waals surface area contributed by atoms with E-state index in [0.29, 0.717) is 12.6 Å². The standard InChI is InChI=1S/C12H20N2O3/c1-13-6-4-9(8-13)12(17)14(10-2-3-10)7-5-11(15)16/h9-10H,2-8H2,1H3,(H,15,16). The molecule has 2 aliphatic rings. The second-order valence-corrected chi connectivity index (χ2v) is 5.15. The smallest absolute Gasteiger partial charge is 0.305 e. The number of aliphatic carboxylic acids is 1.